The van der Waals surface area contributed by atoms with Crippen LogP contribution in [0.15, 0.2) is 29.0 Å². The maximum atomic E-state index is 14.3. The number of hydrogen-bond donors (Lipinski definition) is 2. The third-order valence-electron chi connectivity index (χ3n) is 7.29. The Morgan fingerprint density at radius 2 is 2.03 bits per heavy atom. The fourth-order valence-corrected chi connectivity index (χ4v) is 5.39. The Labute approximate surface area is 207 Å². The van der Waals surface area contributed by atoms with Crippen molar-refractivity contribution in [3.8, 4) is 0 Å². The van der Waals surface area contributed by atoms with E-state index in [1.165, 1.54) is 25.2 Å². The second-order valence-corrected chi connectivity index (χ2v) is 10.6. The van der Waals surface area contributed by atoms with Crippen LogP contribution in [0.1, 0.15) is 60.9 Å². The zero-order valence-corrected chi connectivity index (χ0v) is 21.0. The van der Waals surface area contributed by atoms with Crippen LogP contribution in [0.4, 0.5) is 10.2 Å². The first-order valence-electron chi connectivity index (χ1n) is 12.1. The number of anilines is 1. The lowest BCUT2D eigenvalue weighted by Crippen LogP contribution is -2.51. The minimum absolute atomic E-state index is 0.0291. The molecule has 0 spiro atoms. The standard InChI is InChI=1S/C25H31BrFN5O2/c1-15-10-21(33)23-22(15)24(30-14-29-23)31-6-8-32(9-7-31)25(34)18(13-28-12-16-2-3-16)17-4-5-19(26)20(27)11-17/h4-5,11,14-16,18,21,28,33H,2-3,6-10,12-13H2,1H3/t15-,18-,21-/m1/s1. The van der Waals surface area contributed by atoms with Crippen LogP contribution in [0, 0.1) is 11.7 Å². The predicted molar refractivity (Wildman–Crippen MR) is 131 cm³/mol. The van der Waals surface area contributed by atoms with Crippen molar-refractivity contribution < 1.29 is 14.3 Å². The van der Waals surface area contributed by atoms with Gasteiger partial charge in [0.15, 0.2) is 0 Å². The average molecular weight is 532 g/mol. The number of fused-ring (bicyclic) bond motifs is 1. The molecule has 0 radical (unpaired) electrons. The third kappa shape index (κ3) is 4.83. The van der Waals surface area contributed by atoms with Crippen molar-refractivity contribution in [2.45, 2.75) is 44.1 Å². The largest absolute Gasteiger partial charge is 0.387 e. The minimum atomic E-state index is -0.537. The summed E-state index contributed by atoms with van der Waals surface area (Å²) in [6.45, 7) is 5.98. The van der Waals surface area contributed by atoms with Gasteiger partial charge < -0.3 is 20.2 Å². The third-order valence-corrected chi connectivity index (χ3v) is 7.94. The highest BCUT2D eigenvalue weighted by Gasteiger charge is 2.35. The summed E-state index contributed by atoms with van der Waals surface area (Å²) in [5.41, 5.74) is 2.46. The highest BCUT2D eigenvalue weighted by atomic mass is 79.9. The summed E-state index contributed by atoms with van der Waals surface area (Å²) in [4.78, 5) is 26.5. The van der Waals surface area contributed by atoms with Crippen LogP contribution < -0.4 is 10.2 Å². The van der Waals surface area contributed by atoms with Crippen LogP contribution in [-0.4, -0.2) is 65.2 Å². The fraction of sp³-hybridized carbons (Fsp3) is 0.560. The van der Waals surface area contributed by atoms with Gasteiger partial charge in [-0.1, -0.05) is 13.0 Å². The van der Waals surface area contributed by atoms with Gasteiger partial charge in [0.25, 0.3) is 0 Å². The minimum Gasteiger partial charge on any atom is -0.387 e. The summed E-state index contributed by atoms with van der Waals surface area (Å²) in [5.74, 6) is 1.04. The molecule has 2 aliphatic carbocycles. The van der Waals surface area contributed by atoms with Crippen LogP contribution in [0.2, 0.25) is 0 Å². The molecule has 5 rings (SSSR count). The summed E-state index contributed by atoms with van der Waals surface area (Å²) in [7, 11) is 0. The molecule has 182 valence electrons. The van der Waals surface area contributed by atoms with E-state index in [1.54, 1.807) is 6.07 Å². The van der Waals surface area contributed by atoms with Crippen molar-refractivity contribution in [2.75, 3.05) is 44.2 Å². The lowest BCUT2D eigenvalue weighted by Gasteiger charge is -2.38. The van der Waals surface area contributed by atoms with E-state index in [2.05, 4.69) is 43.0 Å². The highest BCUT2D eigenvalue weighted by molar-refractivity contribution is 9.10. The molecule has 0 bridgehead atoms. The fourth-order valence-electron chi connectivity index (χ4n) is 5.14. The number of nitrogens with zero attached hydrogens (tertiary/aromatic N) is 4. The molecular formula is C25H31BrFN5O2. The number of rotatable bonds is 7. The molecule has 1 aromatic heterocycles. The second kappa shape index (κ2) is 9.87. The number of aromatic nitrogens is 2. The Kier molecular flexibility index (Phi) is 6.86. The smallest absolute Gasteiger partial charge is 0.231 e. The summed E-state index contributed by atoms with van der Waals surface area (Å²) in [5, 5.41) is 13.7. The second-order valence-electron chi connectivity index (χ2n) is 9.79. The molecule has 0 unspecified atom stereocenters. The quantitative estimate of drug-likeness (QED) is 0.570. The van der Waals surface area contributed by atoms with E-state index >= 15 is 0 Å². The number of nitrogens with one attached hydrogen (secondary N) is 1. The number of benzene rings is 1. The van der Waals surface area contributed by atoms with E-state index < -0.39 is 12.0 Å². The molecule has 2 fully saturated rings. The van der Waals surface area contributed by atoms with E-state index in [-0.39, 0.29) is 17.6 Å². The van der Waals surface area contributed by atoms with Crippen LogP contribution >= 0.6 is 15.9 Å². The van der Waals surface area contributed by atoms with E-state index in [0.717, 1.165) is 23.6 Å². The van der Waals surface area contributed by atoms with Crippen molar-refractivity contribution in [2.24, 2.45) is 5.92 Å². The number of carbonyl (C=O) groups excluding carboxylic acids is 1. The molecule has 1 aromatic carbocycles. The number of amides is 1. The zero-order chi connectivity index (χ0) is 23.8. The first-order chi connectivity index (χ1) is 16.4. The number of halogens is 2. The number of aliphatic hydroxyl groups excluding tert-OH is 1. The molecule has 2 aromatic rings. The van der Waals surface area contributed by atoms with Crippen molar-refractivity contribution in [3.05, 3.63) is 51.6 Å². The van der Waals surface area contributed by atoms with Gasteiger partial charge in [-0.2, -0.15) is 0 Å². The van der Waals surface area contributed by atoms with E-state index in [9.17, 15) is 14.3 Å². The monoisotopic (exact) mass is 531 g/mol. The highest BCUT2D eigenvalue weighted by Crippen LogP contribution is 2.42. The molecule has 7 nitrogen and oxygen atoms in total. The molecular weight excluding hydrogens is 501 g/mol. The van der Waals surface area contributed by atoms with Gasteiger partial charge in [0, 0.05) is 38.3 Å². The molecule has 9 heteroatoms. The maximum Gasteiger partial charge on any atom is 0.231 e. The van der Waals surface area contributed by atoms with Crippen LogP contribution in [0.25, 0.3) is 0 Å². The van der Waals surface area contributed by atoms with Gasteiger partial charge in [0.05, 0.1) is 22.2 Å². The van der Waals surface area contributed by atoms with Gasteiger partial charge >= 0.3 is 0 Å². The summed E-state index contributed by atoms with van der Waals surface area (Å²) in [6.07, 6.45) is 4.13. The normalized spacial score (nSPS) is 23.2. The molecule has 2 N–H and O–H groups in total. The molecule has 1 saturated carbocycles. The first kappa shape index (κ1) is 23.6. The topological polar surface area (TPSA) is 81.6 Å². The van der Waals surface area contributed by atoms with Gasteiger partial charge in [0.1, 0.15) is 18.0 Å². The van der Waals surface area contributed by atoms with Gasteiger partial charge in [-0.05, 0) is 71.3 Å². The Hall–Kier alpha value is -2.10. The van der Waals surface area contributed by atoms with Crippen molar-refractivity contribution in [1.82, 2.24) is 20.2 Å². The molecule has 2 heterocycles. The summed E-state index contributed by atoms with van der Waals surface area (Å²) >= 11 is 3.21. The van der Waals surface area contributed by atoms with E-state index in [4.69, 9.17) is 0 Å². The predicted octanol–water partition coefficient (Wildman–Crippen LogP) is 3.35. The summed E-state index contributed by atoms with van der Waals surface area (Å²) in [6, 6.07) is 4.98. The van der Waals surface area contributed by atoms with Crippen LogP contribution in [0.5, 0.6) is 0 Å². The lowest BCUT2D eigenvalue weighted by molar-refractivity contribution is -0.133. The number of aliphatic hydroxyl groups is 1. The van der Waals surface area contributed by atoms with Gasteiger partial charge in [-0.15, -0.1) is 0 Å². The molecule has 1 aliphatic heterocycles. The maximum absolute atomic E-state index is 14.3. The van der Waals surface area contributed by atoms with Gasteiger partial charge in [0.2, 0.25) is 5.91 Å². The molecule has 34 heavy (non-hydrogen) atoms. The lowest BCUT2D eigenvalue weighted by atomic mass is 9.96. The zero-order valence-electron chi connectivity index (χ0n) is 19.4. The number of carbonyl (C=O) groups is 1. The first-order valence-corrected chi connectivity index (χ1v) is 12.9. The van der Waals surface area contributed by atoms with Crippen LogP contribution in [0.3, 0.4) is 0 Å². The van der Waals surface area contributed by atoms with E-state index in [0.29, 0.717) is 55.1 Å². The Balaban J connectivity index is 1.28. The van der Waals surface area contributed by atoms with Gasteiger partial charge in [-0.25, -0.2) is 14.4 Å². The average Bonchev–Trinajstić information content (AvgIpc) is 3.62. The molecule has 1 saturated heterocycles. The number of hydrogen-bond acceptors (Lipinski definition) is 6. The molecule has 3 atom stereocenters. The SMILES string of the molecule is C[C@@H]1C[C@@H](O)c2ncnc(N3CCN(C(=O)[C@H](CNCC4CC4)c4ccc(Br)c(F)c4)CC3)c21. The Bertz CT molecular complexity index is 1060. The van der Waals surface area contributed by atoms with Crippen molar-refractivity contribution >= 4 is 27.7 Å². The number of piperazine rings is 1. The van der Waals surface area contributed by atoms with Crippen molar-refractivity contribution in [1.29, 1.82) is 0 Å². The summed E-state index contributed by atoms with van der Waals surface area (Å²) < 4.78 is 14.7. The molecule has 3 aliphatic rings. The van der Waals surface area contributed by atoms with Crippen molar-refractivity contribution in [3.63, 3.8) is 0 Å². The Morgan fingerprint density at radius 1 is 1.26 bits per heavy atom. The van der Waals surface area contributed by atoms with E-state index in [1.807, 2.05) is 11.0 Å². The van der Waals surface area contributed by atoms with Gasteiger partial charge in [-0.3, -0.25) is 4.79 Å². The Morgan fingerprint density at radius 3 is 2.74 bits per heavy atom. The van der Waals surface area contributed by atoms with Crippen LogP contribution in [-0.2, 0) is 4.79 Å². The molecule has 1 amide bonds.